The predicted molar refractivity (Wildman–Crippen MR) is 75.0 cm³/mol. The van der Waals surface area contributed by atoms with Gasteiger partial charge in [-0.15, -0.1) is 0 Å². The van der Waals surface area contributed by atoms with E-state index < -0.39 is 0 Å². The highest BCUT2D eigenvalue weighted by Crippen LogP contribution is 2.22. The van der Waals surface area contributed by atoms with Crippen molar-refractivity contribution in [2.75, 3.05) is 6.54 Å². The first-order chi connectivity index (χ1) is 9.04. The standard InChI is InChI=1S/C14H24N4O/c1-5-18-11(4)13(10(3)17-18)9(2)16-12-7-6-8-15-14(12)19/h9,12,16H,5-8H2,1-4H3,(H,15,19). The van der Waals surface area contributed by atoms with Crippen molar-refractivity contribution in [1.29, 1.82) is 0 Å². The van der Waals surface area contributed by atoms with E-state index in [2.05, 4.69) is 36.5 Å². The number of aryl methyl sites for hydroxylation is 2. The summed E-state index contributed by atoms with van der Waals surface area (Å²) in [6.45, 7) is 10.0. The lowest BCUT2D eigenvalue weighted by atomic mass is 10.0. The number of aromatic nitrogens is 2. The van der Waals surface area contributed by atoms with Gasteiger partial charge in [0.1, 0.15) is 0 Å². The summed E-state index contributed by atoms with van der Waals surface area (Å²) in [4.78, 5) is 11.8. The minimum Gasteiger partial charge on any atom is -0.355 e. The molecular weight excluding hydrogens is 240 g/mol. The van der Waals surface area contributed by atoms with Crippen molar-refractivity contribution < 1.29 is 4.79 Å². The normalized spacial score (nSPS) is 21.3. The van der Waals surface area contributed by atoms with Gasteiger partial charge in [-0.25, -0.2) is 0 Å². The molecule has 19 heavy (non-hydrogen) atoms. The van der Waals surface area contributed by atoms with Crippen LogP contribution >= 0.6 is 0 Å². The molecule has 0 aromatic carbocycles. The van der Waals surface area contributed by atoms with E-state index in [0.29, 0.717) is 0 Å². The van der Waals surface area contributed by atoms with Crippen molar-refractivity contribution in [3.8, 4) is 0 Å². The second-order valence-corrected chi connectivity index (χ2v) is 5.27. The first kappa shape index (κ1) is 14.1. The number of rotatable bonds is 4. The van der Waals surface area contributed by atoms with E-state index in [1.807, 2.05) is 11.6 Å². The van der Waals surface area contributed by atoms with Gasteiger partial charge in [0.05, 0.1) is 11.7 Å². The minimum atomic E-state index is -0.0764. The Balaban J connectivity index is 2.13. The zero-order chi connectivity index (χ0) is 14.0. The molecule has 106 valence electrons. The number of hydrogen-bond acceptors (Lipinski definition) is 3. The third-order valence-electron chi connectivity index (χ3n) is 3.91. The van der Waals surface area contributed by atoms with Crippen LogP contribution < -0.4 is 10.6 Å². The largest absolute Gasteiger partial charge is 0.355 e. The lowest BCUT2D eigenvalue weighted by Gasteiger charge is -2.26. The summed E-state index contributed by atoms with van der Waals surface area (Å²) in [5, 5.41) is 10.9. The first-order valence-corrected chi connectivity index (χ1v) is 7.12. The Morgan fingerprint density at radius 3 is 2.84 bits per heavy atom. The van der Waals surface area contributed by atoms with Gasteiger partial charge in [-0.3, -0.25) is 14.8 Å². The number of nitrogens with zero attached hydrogens (tertiary/aromatic N) is 2. The van der Waals surface area contributed by atoms with Gasteiger partial charge < -0.3 is 5.32 Å². The topological polar surface area (TPSA) is 59.0 Å². The molecule has 1 aliphatic heterocycles. The van der Waals surface area contributed by atoms with Crippen LogP contribution in [0.2, 0.25) is 0 Å². The van der Waals surface area contributed by atoms with E-state index in [-0.39, 0.29) is 18.0 Å². The maximum atomic E-state index is 11.8. The van der Waals surface area contributed by atoms with Crippen molar-refractivity contribution in [1.82, 2.24) is 20.4 Å². The summed E-state index contributed by atoms with van der Waals surface area (Å²) in [5.41, 5.74) is 3.46. The molecule has 0 radical (unpaired) electrons. The fraction of sp³-hybridized carbons (Fsp3) is 0.714. The second kappa shape index (κ2) is 5.74. The van der Waals surface area contributed by atoms with Gasteiger partial charge in [0.2, 0.25) is 5.91 Å². The number of carbonyl (C=O) groups is 1. The number of carbonyl (C=O) groups excluding carboxylic acids is 1. The zero-order valence-corrected chi connectivity index (χ0v) is 12.3. The third kappa shape index (κ3) is 2.81. The van der Waals surface area contributed by atoms with Crippen molar-refractivity contribution in [3.05, 3.63) is 17.0 Å². The van der Waals surface area contributed by atoms with Crippen molar-refractivity contribution >= 4 is 5.91 Å². The van der Waals surface area contributed by atoms with Crippen LogP contribution in [-0.4, -0.2) is 28.3 Å². The lowest BCUT2D eigenvalue weighted by Crippen LogP contribution is -2.49. The van der Waals surface area contributed by atoms with Gasteiger partial charge in [0, 0.05) is 30.4 Å². The van der Waals surface area contributed by atoms with E-state index in [0.717, 1.165) is 31.6 Å². The molecule has 2 unspecified atom stereocenters. The molecule has 1 fully saturated rings. The Labute approximate surface area is 114 Å². The Bertz CT molecular complexity index is 466. The third-order valence-corrected chi connectivity index (χ3v) is 3.91. The Morgan fingerprint density at radius 2 is 2.26 bits per heavy atom. The average Bonchev–Trinajstić information content (AvgIpc) is 2.67. The van der Waals surface area contributed by atoms with Crippen LogP contribution in [0.1, 0.15) is 49.7 Å². The summed E-state index contributed by atoms with van der Waals surface area (Å²) >= 11 is 0. The molecule has 2 heterocycles. The first-order valence-electron chi connectivity index (χ1n) is 7.12. The number of nitrogens with one attached hydrogen (secondary N) is 2. The lowest BCUT2D eigenvalue weighted by molar-refractivity contribution is -0.124. The Kier molecular flexibility index (Phi) is 4.24. The van der Waals surface area contributed by atoms with Crippen LogP contribution in [0.3, 0.4) is 0 Å². The van der Waals surface area contributed by atoms with E-state index in [1.165, 1.54) is 11.3 Å². The maximum absolute atomic E-state index is 11.8. The van der Waals surface area contributed by atoms with E-state index in [9.17, 15) is 4.79 Å². The highest BCUT2D eigenvalue weighted by atomic mass is 16.2. The zero-order valence-electron chi connectivity index (χ0n) is 12.3. The molecule has 1 saturated heterocycles. The highest BCUT2D eigenvalue weighted by Gasteiger charge is 2.25. The molecule has 0 spiro atoms. The van der Waals surface area contributed by atoms with E-state index in [4.69, 9.17) is 0 Å². The monoisotopic (exact) mass is 264 g/mol. The van der Waals surface area contributed by atoms with Crippen LogP contribution in [0.4, 0.5) is 0 Å². The molecule has 0 bridgehead atoms. The van der Waals surface area contributed by atoms with E-state index >= 15 is 0 Å². The molecule has 1 aliphatic rings. The van der Waals surface area contributed by atoms with Gasteiger partial charge in [-0.2, -0.15) is 5.10 Å². The van der Waals surface area contributed by atoms with Crippen molar-refractivity contribution in [2.24, 2.45) is 0 Å². The van der Waals surface area contributed by atoms with Gasteiger partial charge in [-0.05, 0) is 40.5 Å². The molecule has 0 aliphatic carbocycles. The van der Waals surface area contributed by atoms with Crippen molar-refractivity contribution in [3.63, 3.8) is 0 Å². The van der Waals surface area contributed by atoms with Crippen LogP contribution in [0.5, 0.6) is 0 Å². The summed E-state index contributed by atoms with van der Waals surface area (Å²) in [5.74, 6) is 0.122. The number of piperidine rings is 1. The smallest absolute Gasteiger partial charge is 0.237 e. The van der Waals surface area contributed by atoms with Gasteiger partial charge in [0.25, 0.3) is 0 Å². The fourth-order valence-electron chi connectivity index (χ4n) is 2.96. The fourth-order valence-corrected chi connectivity index (χ4v) is 2.96. The van der Waals surface area contributed by atoms with Gasteiger partial charge in [0.15, 0.2) is 0 Å². The van der Waals surface area contributed by atoms with Crippen LogP contribution in [0.15, 0.2) is 0 Å². The Hall–Kier alpha value is -1.36. The predicted octanol–water partition coefficient (Wildman–Crippen LogP) is 1.45. The highest BCUT2D eigenvalue weighted by molar-refractivity contribution is 5.82. The molecule has 2 rings (SSSR count). The molecule has 5 nitrogen and oxygen atoms in total. The summed E-state index contributed by atoms with van der Waals surface area (Å²) < 4.78 is 2.02. The van der Waals surface area contributed by atoms with Crippen molar-refractivity contribution in [2.45, 2.75) is 59.2 Å². The summed E-state index contributed by atoms with van der Waals surface area (Å²) in [7, 11) is 0. The molecule has 1 aromatic heterocycles. The average molecular weight is 264 g/mol. The SMILES string of the molecule is CCn1nc(C)c(C(C)NC2CCCNC2=O)c1C. The molecule has 0 saturated carbocycles. The number of hydrogen-bond donors (Lipinski definition) is 2. The van der Waals surface area contributed by atoms with Gasteiger partial charge >= 0.3 is 0 Å². The minimum absolute atomic E-state index is 0.0764. The molecule has 1 aromatic rings. The molecule has 2 atom stereocenters. The summed E-state index contributed by atoms with van der Waals surface area (Å²) in [6.07, 6.45) is 1.96. The van der Waals surface area contributed by atoms with Crippen LogP contribution in [0.25, 0.3) is 0 Å². The molecule has 2 N–H and O–H groups in total. The summed E-state index contributed by atoms with van der Waals surface area (Å²) in [6, 6.07) is 0.0710. The Morgan fingerprint density at radius 1 is 1.53 bits per heavy atom. The van der Waals surface area contributed by atoms with Crippen LogP contribution in [-0.2, 0) is 11.3 Å². The molecule has 5 heteroatoms. The van der Waals surface area contributed by atoms with Gasteiger partial charge in [-0.1, -0.05) is 0 Å². The molecule has 1 amide bonds. The maximum Gasteiger partial charge on any atom is 0.237 e. The second-order valence-electron chi connectivity index (χ2n) is 5.27. The number of amides is 1. The molecular formula is C14H24N4O. The quantitative estimate of drug-likeness (QED) is 0.865. The van der Waals surface area contributed by atoms with E-state index in [1.54, 1.807) is 0 Å². The van der Waals surface area contributed by atoms with Crippen LogP contribution in [0, 0.1) is 13.8 Å².